The normalized spacial score (nSPS) is 23.9. The summed E-state index contributed by atoms with van der Waals surface area (Å²) in [7, 11) is 3.16. The first-order valence-corrected chi connectivity index (χ1v) is 6.10. The van der Waals surface area contributed by atoms with Gasteiger partial charge in [-0.25, -0.2) is 0 Å². The van der Waals surface area contributed by atoms with E-state index in [1.165, 1.54) is 0 Å². The summed E-state index contributed by atoms with van der Waals surface area (Å²) in [4.78, 5) is 10.8. The highest BCUT2D eigenvalue weighted by Gasteiger charge is 2.24. The summed E-state index contributed by atoms with van der Waals surface area (Å²) in [5.41, 5.74) is 6.03. The summed E-state index contributed by atoms with van der Waals surface area (Å²) >= 11 is 0. The van der Waals surface area contributed by atoms with Crippen LogP contribution in [0.4, 0.5) is 5.95 Å². The van der Waals surface area contributed by atoms with Crippen LogP contribution in [0.15, 0.2) is 6.07 Å². The fourth-order valence-corrected chi connectivity index (χ4v) is 2.31. The zero-order valence-corrected chi connectivity index (χ0v) is 11.1. The summed E-state index contributed by atoms with van der Waals surface area (Å²) < 4.78 is 10.3. The molecular formula is C12H20N4O2. The van der Waals surface area contributed by atoms with Gasteiger partial charge < -0.3 is 20.1 Å². The number of ether oxygens (including phenoxy) is 2. The van der Waals surface area contributed by atoms with Crippen LogP contribution in [0.3, 0.4) is 0 Å². The van der Waals surface area contributed by atoms with E-state index < -0.39 is 0 Å². The molecule has 0 aliphatic carbocycles. The minimum absolute atomic E-state index is 0.162. The molecule has 1 fully saturated rings. The van der Waals surface area contributed by atoms with Gasteiger partial charge in [0.2, 0.25) is 17.7 Å². The van der Waals surface area contributed by atoms with Crippen LogP contribution in [-0.4, -0.2) is 43.3 Å². The van der Waals surface area contributed by atoms with E-state index in [0.29, 0.717) is 23.6 Å². The highest BCUT2D eigenvalue weighted by Crippen LogP contribution is 2.24. The zero-order chi connectivity index (χ0) is 13.1. The summed E-state index contributed by atoms with van der Waals surface area (Å²) in [5.74, 6) is 2.16. The summed E-state index contributed by atoms with van der Waals surface area (Å²) in [6.07, 6.45) is 1.04. The maximum absolute atomic E-state index is 6.03. The average Bonchev–Trinajstić information content (AvgIpc) is 2.37. The van der Waals surface area contributed by atoms with Crippen LogP contribution in [0.1, 0.15) is 13.3 Å². The second-order valence-electron chi connectivity index (χ2n) is 4.76. The zero-order valence-electron chi connectivity index (χ0n) is 11.1. The van der Waals surface area contributed by atoms with Gasteiger partial charge in [0.05, 0.1) is 20.3 Å². The molecule has 1 aromatic rings. The van der Waals surface area contributed by atoms with Crippen molar-refractivity contribution in [3.05, 3.63) is 6.07 Å². The van der Waals surface area contributed by atoms with Crippen molar-refractivity contribution in [1.82, 2.24) is 9.97 Å². The van der Waals surface area contributed by atoms with Crippen molar-refractivity contribution in [2.24, 2.45) is 11.7 Å². The Morgan fingerprint density at radius 2 is 1.83 bits per heavy atom. The molecule has 0 radical (unpaired) electrons. The Hall–Kier alpha value is -1.56. The first-order chi connectivity index (χ1) is 8.62. The lowest BCUT2D eigenvalue weighted by Crippen LogP contribution is -2.47. The fraction of sp³-hybridized carbons (Fsp3) is 0.667. The third-order valence-electron chi connectivity index (χ3n) is 3.06. The van der Waals surface area contributed by atoms with E-state index >= 15 is 0 Å². The van der Waals surface area contributed by atoms with Crippen molar-refractivity contribution in [1.29, 1.82) is 0 Å². The summed E-state index contributed by atoms with van der Waals surface area (Å²) in [6, 6.07) is 1.83. The Morgan fingerprint density at radius 1 is 1.22 bits per heavy atom. The molecule has 1 aromatic heterocycles. The van der Waals surface area contributed by atoms with Crippen molar-refractivity contribution >= 4 is 5.95 Å². The number of rotatable bonds is 3. The molecule has 1 aliphatic heterocycles. The van der Waals surface area contributed by atoms with E-state index in [2.05, 4.69) is 21.8 Å². The molecule has 0 spiro atoms. The molecule has 2 N–H and O–H groups in total. The number of nitrogens with two attached hydrogens (primary N) is 1. The molecule has 1 aliphatic rings. The van der Waals surface area contributed by atoms with Crippen LogP contribution < -0.4 is 20.1 Å². The lowest BCUT2D eigenvalue weighted by atomic mass is 9.97. The van der Waals surface area contributed by atoms with E-state index in [9.17, 15) is 0 Å². The van der Waals surface area contributed by atoms with Crippen LogP contribution in [0.5, 0.6) is 11.8 Å². The van der Waals surface area contributed by atoms with Gasteiger partial charge in [0, 0.05) is 19.1 Å². The number of piperidine rings is 1. The third-order valence-corrected chi connectivity index (χ3v) is 3.06. The number of nitrogens with zero attached hydrogens (tertiary/aromatic N) is 3. The third kappa shape index (κ3) is 2.81. The van der Waals surface area contributed by atoms with Crippen LogP contribution in [-0.2, 0) is 0 Å². The number of anilines is 1. The van der Waals surface area contributed by atoms with E-state index in [1.807, 2.05) is 0 Å². The second-order valence-corrected chi connectivity index (χ2v) is 4.76. The monoisotopic (exact) mass is 252 g/mol. The minimum atomic E-state index is 0.162. The van der Waals surface area contributed by atoms with E-state index in [0.717, 1.165) is 19.5 Å². The molecule has 100 valence electrons. The molecule has 2 atom stereocenters. The molecule has 0 saturated carbocycles. The maximum Gasteiger partial charge on any atom is 0.232 e. The van der Waals surface area contributed by atoms with Crippen molar-refractivity contribution in [2.45, 2.75) is 19.4 Å². The number of hydrogen-bond donors (Lipinski definition) is 1. The topological polar surface area (TPSA) is 73.5 Å². The number of methoxy groups -OCH3 is 2. The lowest BCUT2D eigenvalue weighted by Gasteiger charge is -2.34. The number of hydrogen-bond acceptors (Lipinski definition) is 6. The van der Waals surface area contributed by atoms with Crippen LogP contribution in [0.2, 0.25) is 0 Å². The first-order valence-electron chi connectivity index (χ1n) is 6.10. The largest absolute Gasteiger partial charge is 0.481 e. The van der Waals surface area contributed by atoms with Crippen molar-refractivity contribution in [2.75, 3.05) is 32.2 Å². The van der Waals surface area contributed by atoms with E-state index in [4.69, 9.17) is 15.2 Å². The molecule has 0 bridgehead atoms. The lowest BCUT2D eigenvalue weighted by molar-refractivity contribution is 0.364. The van der Waals surface area contributed by atoms with Crippen molar-refractivity contribution in [3.63, 3.8) is 0 Å². The molecule has 6 nitrogen and oxygen atoms in total. The van der Waals surface area contributed by atoms with Gasteiger partial charge in [0.1, 0.15) is 0 Å². The number of aromatic nitrogens is 2. The van der Waals surface area contributed by atoms with Crippen LogP contribution in [0, 0.1) is 5.92 Å². The van der Waals surface area contributed by atoms with Gasteiger partial charge in [0.15, 0.2) is 0 Å². The molecule has 2 unspecified atom stereocenters. The van der Waals surface area contributed by atoms with Gasteiger partial charge in [-0.05, 0) is 12.3 Å². The molecular weight excluding hydrogens is 232 g/mol. The Morgan fingerprint density at radius 3 is 2.33 bits per heavy atom. The summed E-state index contributed by atoms with van der Waals surface area (Å²) in [6.45, 7) is 3.86. The molecule has 18 heavy (non-hydrogen) atoms. The summed E-state index contributed by atoms with van der Waals surface area (Å²) in [5, 5.41) is 0. The van der Waals surface area contributed by atoms with E-state index in [-0.39, 0.29) is 6.04 Å². The SMILES string of the molecule is COc1cc(OC)nc(N2CC(C)CC(N)C2)n1. The van der Waals surface area contributed by atoms with Gasteiger partial charge in [-0.15, -0.1) is 0 Å². The van der Waals surface area contributed by atoms with Crippen LogP contribution in [0.25, 0.3) is 0 Å². The van der Waals surface area contributed by atoms with E-state index in [1.54, 1.807) is 20.3 Å². The molecule has 6 heteroatoms. The quantitative estimate of drug-likeness (QED) is 0.852. The highest BCUT2D eigenvalue weighted by atomic mass is 16.5. The van der Waals surface area contributed by atoms with Crippen LogP contribution >= 0.6 is 0 Å². The molecule has 0 aromatic carbocycles. The van der Waals surface area contributed by atoms with Gasteiger partial charge in [-0.2, -0.15) is 9.97 Å². The predicted molar refractivity (Wildman–Crippen MR) is 69.1 cm³/mol. The minimum Gasteiger partial charge on any atom is -0.481 e. The molecule has 2 heterocycles. The Kier molecular flexibility index (Phi) is 3.86. The van der Waals surface area contributed by atoms with Crippen molar-refractivity contribution in [3.8, 4) is 11.8 Å². The van der Waals surface area contributed by atoms with Gasteiger partial charge in [-0.1, -0.05) is 6.92 Å². The molecule has 2 rings (SSSR count). The van der Waals surface area contributed by atoms with Crippen molar-refractivity contribution < 1.29 is 9.47 Å². The molecule has 0 amide bonds. The smallest absolute Gasteiger partial charge is 0.232 e. The standard InChI is InChI=1S/C12H20N4O2/c1-8-4-9(13)7-16(6-8)12-14-10(17-2)5-11(15-12)18-3/h5,8-9H,4,6-7,13H2,1-3H3. The Bertz CT molecular complexity index is 381. The van der Waals surface area contributed by atoms with Gasteiger partial charge in [-0.3, -0.25) is 0 Å². The second kappa shape index (κ2) is 5.39. The molecule has 1 saturated heterocycles. The fourth-order valence-electron chi connectivity index (χ4n) is 2.31. The van der Waals surface area contributed by atoms with Gasteiger partial charge >= 0.3 is 0 Å². The maximum atomic E-state index is 6.03. The predicted octanol–water partition coefficient (Wildman–Crippen LogP) is 0.667. The average molecular weight is 252 g/mol. The van der Waals surface area contributed by atoms with Gasteiger partial charge in [0.25, 0.3) is 0 Å². The first kappa shape index (κ1) is 12.9. The highest BCUT2D eigenvalue weighted by molar-refractivity contribution is 5.37. The Balaban J connectivity index is 2.25. The Labute approximate surface area is 107 Å².